The third-order valence-electron chi connectivity index (χ3n) is 8.74. The molecule has 0 N–H and O–H groups in total. The summed E-state index contributed by atoms with van der Waals surface area (Å²) < 4.78 is 34.5. The molecule has 8 nitrogen and oxygen atoms in total. The molecule has 0 aromatic carbocycles. The Morgan fingerprint density at radius 2 is 1.05 bits per heavy atom. The minimum atomic E-state index is -4.54. The summed E-state index contributed by atoms with van der Waals surface area (Å²) in [5, 5.41) is 0. The van der Waals surface area contributed by atoms with Gasteiger partial charge in [0.25, 0.3) is 7.82 Å². The Bertz CT molecular complexity index is 1110. The number of nitrogens with zero attached hydrogens (tertiary/aromatic N) is 1. The summed E-state index contributed by atoms with van der Waals surface area (Å²) in [5.41, 5.74) is 0. The first-order valence-electron chi connectivity index (χ1n) is 21.7. The molecule has 0 amide bonds. The molecule has 0 aromatic rings. The quantitative estimate of drug-likeness (QED) is 0.0201. The van der Waals surface area contributed by atoms with Crippen LogP contribution in [-0.2, 0) is 27.9 Å². The maximum absolute atomic E-state index is 12.7. The summed E-state index contributed by atoms with van der Waals surface area (Å²) in [4.78, 5) is 25.0. The van der Waals surface area contributed by atoms with Crippen molar-refractivity contribution >= 4 is 13.8 Å². The molecule has 0 spiro atoms. The number of ether oxygens (including phenoxy) is 2. The SMILES string of the molecule is CC/C=C\C/C=C\C/C=C\C/C=C\C/C=C\CCCCCC(=O)OC(COCCCCCCCC/C=C\CCCCCC)COP(=O)([O-])OCC[N+](C)(C)C. The molecule has 0 aliphatic heterocycles. The number of phosphoric acid groups is 1. The number of carbonyl (C=O) groups excluding carboxylic acids is 1. The molecule has 0 aliphatic rings. The predicted molar refractivity (Wildman–Crippen MR) is 231 cm³/mol. The van der Waals surface area contributed by atoms with E-state index in [1.807, 2.05) is 21.1 Å². The lowest BCUT2D eigenvalue weighted by Gasteiger charge is -2.28. The minimum Gasteiger partial charge on any atom is -0.756 e. The number of unbranched alkanes of at least 4 members (excludes halogenated alkanes) is 13. The van der Waals surface area contributed by atoms with Crippen molar-refractivity contribution in [2.45, 2.75) is 161 Å². The van der Waals surface area contributed by atoms with Crippen molar-refractivity contribution in [1.29, 1.82) is 0 Å². The van der Waals surface area contributed by atoms with Crippen molar-refractivity contribution in [2.75, 3.05) is 54.1 Å². The number of hydrogen-bond donors (Lipinski definition) is 0. The Hall–Kier alpha value is -2.06. The number of phosphoric ester groups is 1. The topological polar surface area (TPSA) is 94.1 Å². The molecule has 0 saturated heterocycles. The average molecular weight is 792 g/mol. The summed E-state index contributed by atoms with van der Waals surface area (Å²) in [6.45, 7) is 5.20. The van der Waals surface area contributed by atoms with Gasteiger partial charge in [0.15, 0.2) is 0 Å². The van der Waals surface area contributed by atoms with Gasteiger partial charge in [-0.05, 0) is 83.5 Å². The average Bonchev–Trinajstić information content (AvgIpc) is 3.13. The molecular weight excluding hydrogens is 709 g/mol. The van der Waals surface area contributed by atoms with Gasteiger partial charge in [-0.25, -0.2) is 0 Å². The Morgan fingerprint density at radius 3 is 1.60 bits per heavy atom. The first-order chi connectivity index (χ1) is 26.6. The van der Waals surface area contributed by atoms with Crippen LogP contribution in [0.4, 0.5) is 0 Å². The smallest absolute Gasteiger partial charge is 0.306 e. The number of allylic oxidation sites excluding steroid dienone is 12. The molecule has 55 heavy (non-hydrogen) atoms. The molecular formula is C46H82NO7P. The van der Waals surface area contributed by atoms with Gasteiger partial charge in [0.1, 0.15) is 19.3 Å². The van der Waals surface area contributed by atoms with E-state index in [1.165, 1.54) is 57.8 Å². The fraction of sp³-hybridized carbons (Fsp3) is 0.717. The number of esters is 1. The number of rotatable bonds is 39. The molecule has 318 valence electrons. The van der Waals surface area contributed by atoms with Gasteiger partial charge in [0.05, 0.1) is 34.4 Å². The minimum absolute atomic E-state index is 0.0146. The molecule has 9 heteroatoms. The van der Waals surface area contributed by atoms with E-state index in [-0.39, 0.29) is 32.2 Å². The van der Waals surface area contributed by atoms with Crippen LogP contribution in [0.25, 0.3) is 0 Å². The number of hydrogen-bond acceptors (Lipinski definition) is 7. The van der Waals surface area contributed by atoms with Gasteiger partial charge in [-0.1, -0.05) is 138 Å². The molecule has 2 unspecified atom stereocenters. The van der Waals surface area contributed by atoms with E-state index >= 15 is 0 Å². The summed E-state index contributed by atoms with van der Waals surface area (Å²) in [7, 11) is 1.32. The van der Waals surface area contributed by atoms with Crippen molar-refractivity contribution in [3.05, 3.63) is 72.9 Å². The van der Waals surface area contributed by atoms with E-state index in [9.17, 15) is 14.3 Å². The van der Waals surface area contributed by atoms with E-state index < -0.39 is 13.9 Å². The zero-order chi connectivity index (χ0) is 40.6. The Labute approximate surface area is 338 Å². The lowest BCUT2D eigenvalue weighted by molar-refractivity contribution is -0.870. The van der Waals surface area contributed by atoms with Crippen LogP contribution in [0.15, 0.2) is 72.9 Å². The highest BCUT2D eigenvalue weighted by atomic mass is 31.2. The van der Waals surface area contributed by atoms with Crippen LogP contribution in [0.2, 0.25) is 0 Å². The van der Waals surface area contributed by atoms with E-state index in [4.69, 9.17) is 18.5 Å². The second-order valence-corrected chi connectivity index (χ2v) is 16.7. The van der Waals surface area contributed by atoms with Crippen LogP contribution < -0.4 is 4.89 Å². The second kappa shape index (κ2) is 38.8. The van der Waals surface area contributed by atoms with Gasteiger partial charge < -0.3 is 27.9 Å². The molecule has 0 saturated carbocycles. The Kier molecular flexibility index (Phi) is 37.3. The van der Waals surface area contributed by atoms with Crippen molar-refractivity contribution in [2.24, 2.45) is 0 Å². The molecule has 0 rings (SSSR count). The van der Waals surface area contributed by atoms with Crippen molar-refractivity contribution in [3.63, 3.8) is 0 Å². The zero-order valence-corrected chi connectivity index (χ0v) is 36.7. The van der Waals surface area contributed by atoms with Crippen molar-refractivity contribution in [3.8, 4) is 0 Å². The Morgan fingerprint density at radius 1 is 0.582 bits per heavy atom. The van der Waals surface area contributed by atoms with Gasteiger partial charge in [0.2, 0.25) is 0 Å². The second-order valence-electron chi connectivity index (χ2n) is 15.3. The van der Waals surface area contributed by atoms with Crippen LogP contribution in [0.5, 0.6) is 0 Å². The molecule has 0 heterocycles. The largest absolute Gasteiger partial charge is 0.756 e. The van der Waals surface area contributed by atoms with Crippen LogP contribution in [-0.4, -0.2) is 70.7 Å². The molecule has 0 aromatic heterocycles. The predicted octanol–water partition coefficient (Wildman–Crippen LogP) is 12.1. The van der Waals surface area contributed by atoms with Crippen LogP contribution in [0.3, 0.4) is 0 Å². The first-order valence-corrected chi connectivity index (χ1v) is 23.1. The normalized spacial score (nSPS) is 14.5. The molecule has 0 aliphatic carbocycles. The van der Waals surface area contributed by atoms with Crippen molar-refractivity contribution in [1.82, 2.24) is 0 Å². The fourth-order valence-electron chi connectivity index (χ4n) is 5.39. The highest BCUT2D eigenvalue weighted by Gasteiger charge is 2.20. The maximum Gasteiger partial charge on any atom is 0.306 e. The fourth-order valence-corrected chi connectivity index (χ4v) is 6.12. The highest BCUT2D eigenvalue weighted by Crippen LogP contribution is 2.38. The van der Waals surface area contributed by atoms with E-state index in [0.717, 1.165) is 70.6 Å². The summed E-state index contributed by atoms with van der Waals surface area (Å²) in [6.07, 6.45) is 49.1. The van der Waals surface area contributed by atoms with Gasteiger partial charge in [-0.2, -0.15) is 0 Å². The maximum atomic E-state index is 12.7. The Balaban J connectivity index is 4.34. The van der Waals surface area contributed by atoms with Gasteiger partial charge in [0, 0.05) is 13.0 Å². The van der Waals surface area contributed by atoms with E-state index in [2.05, 4.69) is 86.8 Å². The monoisotopic (exact) mass is 792 g/mol. The molecule has 0 radical (unpaired) electrons. The third kappa shape index (κ3) is 42.9. The zero-order valence-electron chi connectivity index (χ0n) is 35.8. The molecule has 0 fully saturated rings. The van der Waals surface area contributed by atoms with Gasteiger partial charge >= 0.3 is 5.97 Å². The van der Waals surface area contributed by atoms with E-state index in [1.54, 1.807) is 0 Å². The number of carbonyl (C=O) groups is 1. The van der Waals surface area contributed by atoms with Crippen LogP contribution >= 0.6 is 7.82 Å². The number of quaternary nitrogens is 1. The van der Waals surface area contributed by atoms with Gasteiger partial charge in [-0.15, -0.1) is 0 Å². The van der Waals surface area contributed by atoms with Gasteiger partial charge in [-0.3, -0.25) is 9.36 Å². The van der Waals surface area contributed by atoms with E-state index in [0.29, 0.717) is 24.1 Å². The third-order valence-corrected chi connectivity index (χ3v) is 9.71. The summed E-state index contributed by atoms with van der Waals surface area (Å²) in [5.74, 6) is -0.370. The standard InChI is InChI=1S/C46H82NO7P/c1-6-8-10-12-14-16-18-20-22-23-24-25-26-27-29-31-33-35-37-39-46(48)54-45(44-53-55(49,50)52-42-40-47(3,4)5)43-51-41-38-36-34-32-30-28-21-19-17-15-13-11-9-7-2/h8,10,14,16-17,19-20,22,24-25,27,29,45H,6-7,9,11-13,15,18,21,23,26,28,30-44H2,1-5H3/b10-8-,16-14-,19-17-,22-20-,25-24-,29-27-. The highest BCUT2D eigenvalue weighted by molar-refractivity contribution is 7.45. The summed E-state index contributed by atoms with van der Waals surface area (Å²) in [6, 6.07) is 0. The molecule has 0 bridgehead atoms. The summed E-state index contributed by atoms with van der Waals surface area (Å²) >= 11 is 0. The number of likely N-dealkylation sites (N-methyl/N-ethyl adjacent to an activating group) is 1. The lowest BCUT2D eigenvalue weighted by atomic mass is 10.1. The van der Waals surface area contributed by atoms with Crippen molar-refractivity contribution < 1.29 is 37.3 Å². The van der Waals surface area contributed by atoms with Crippen LogP contribution in [0.1, 0.15) is 155 Å². The van der Waals surface area contributed by atoms with Crippen LogP contribution in [0, 0.1) is 0 Å². The first kappa shape index (κ1) is 52.9. The molecule has 2 atom stereocenters. The lowest BCUT2D eigenvalue weighted by Crippen LogP contribution is -2.37.